The zero-order valence-corrected chi connectivity index (χ0v) is 11.9. The lowest BCUT2D eigenvalue weighted by atomic mass is 10.2. The van der Waals surface area contributed by atoms with Crippen molar-refractivity contribution in [1.29, 1.82) is 0 Å². The van der Waals surface area contributed by atoms with Gasteiger partial charge in [-0.1, -0.05) is 5.16 Å². The van der Waals surface area contributed by atoms with Crippen LogP contribution in [0.25, 0.3) is 0 Å². The first-order valence-electron chi connectivity index (χ1n) is 6.21. The molecule has 6 nitrogen and oxygen atoms in total. The number of carbonyl (C=O) groups is 1. The van der Waals surface area contributed by atoms with Gasteiger partial charge in [0.05, 0.1) is 5.69 Å². The lowest BCUT2D eigenvalue weighted by Crippen LogP contribution is -2.15. The number of nitrogens with two attached hydrogens (primary N) is 1. The second-order valence-corrected chi connectivity index (χ2v) is 4.53. The standard InChI is InChI=1S/C14H15FN4O2/c1-8-12(9(2)19(3)17-8)14(20)21-18-13(16)10-4-6-11(15)7-5-10/h4-7H,1-3H3,(H2,16,18). The van der Waals surface area contributed by atoms with Crippen molar-refractivity contribution in [3.05, 3.63) is 52.6 Å². The number of benzene rings is 1. The van der Waals surface area contributed by atoms with Gasteiger partial charge >= 0.3 is 5.97 Å². The zero-order valence-electron chi connectivity index (χ0n) is 11.9. The molecular weight excluding hydrogens is 275 g/mol. The third-order valence-corrected chi connectivity index (χ3v) is 3.08. The van der Waals surface area contributed by atoms with Crippen molar-refractivity contribution >= 4 is 11.8 Å². The van der Waals surface area contributed by atoms with Crippen LogP contribution in [0.3, 0.4) is 0 Å². The van der Waals surface area contributed by atoms with Crippen LogP contribution < -0.4 is 5.73 Å². The Labute approximate surface area is 121 Å². The van der Waals surface area contributed by atoms with Gasteiger partial charge in [-0.3, -0.25) is 4.68 Å². The quantitative estimate of drug-likeness (QED) is 0.403. The molecule has 2 aromatic rings. The summed E-state index contributed by atoms with van der Waals surface area (Å²) >= 11 is 0. The normalized spacial score (nSPS) is 11.5. The third kappa shape index (κ3) is 3.07. The number of nitrogens with zero attached hydrogens (tertiary/aromatic N) is 3. The van der Waals surface area contributed by atoms with Crippen LogP contribution in [-0.2, 0) is 11.9 Å². The third-order valence-electron chi connectivity index (χ3n) is 3.08. The van der Waals surface area contributed by atoms with Crippen LogP contribution in [0, 0.1) is 19.7 Å². The summed E-state index contributed by atoms with van der Waals surface area (Å²) in [6.45, 7) is 3.46. The first-order valence-corrected chi connectivity index (χ1v) is 6.21. The van der Waals surface area contributed by atoms with Gasteiger partial charge in [0, 0.05) is 18.3 Å². The first kappa shape index (κ1) is 14.7. The highest BCUT2D eigenvalue weighted by atomic mass is 19.1. The highest BCUT2D eigenvalue weighted by Gasteiger charge is 2.19. The number of carbonyl (C=O) groups excluding carboxylic acids is 1. The summed E-state index contributed by atoms with van der Waals surface area (Å²) in [5.41, 5.74) is 7.72. The van der Waals surface area contributed by atoms with Crippen molar-refractivity contribution in [2.45, 2.75) is 13.8 Å². The van der Waals surface area contributed by atoms with Gasteiger partial charge in [-0.2, -0.15) is 5.10 Å². The number of hydrogen-bond acceptors (Lipinski definition) is 4. The fourth-order valence-corrected chi connectivity index (χ4v) is 1.88. The molecule has 0 bridgehead atoms. The summed E-state index contributed by atoms with van der Waals surface area (Å²) in [6.07, 6.45) is 0. The molecule has 0 unspecified atom stereocenters. The largest absolute Gasteiger partial charge is 0.380 e. The summed E-state index contributed by atoms with van der Waals surface area (Å²) in [7, 11) is 1.73. The molecule has 2 rings (SSSR count). The average molecular weight is 290 g/mol. The SMILES string of the molecule is Cc1nn(C)c(C)c1C(=O)O/N=C(\N)c1ccc(F)cc1. The molecule has 0 saturated carbocycles. The molecule has 0 amide bonds. The highest BCUT2D eigenvalue weighted by Crippen LogP contribution is 2.13. The lowest BCUT2D eigenvalue weighted by Gasteiger charge is -2.02. The van der Waals surface area contributed by atoms with Crippen LogP contribution in [0.2, 0.25) is 0 Å². The molecule has 0 fully saturated rings. The molecule has 1 aromatic carbocycles. The minimum absolute atomic E-state index is 0.0115. The molecule has 110 valence electrons. The fourth-order valence-electron chi connectivity index (χ4n) is 1.88. The Morgan fingerprint density at radius 2 is 1.95 bits per heavy atom. The van der Waals surface area contributed by atoms with Gasteiger partial charge in [0.1, 0.15) is 11.4 Å². The van der Waals surface area contributed by atoms with Crippen LogP contribution in [0.4, 0.5) is 4.39 Å². The molecule has 0 saturated heterocycles. The Morgan fingerprint density at radius 1 is 1.33 bits per heavy atom. The van der Waals surface area contributed by atoms with E-state index >= 15 is 0 Å². The topological polar surface area (TPSA) is 82.5 Å². The minimum Gasteiger partial charge on any atom is -0.380 e. The second kappa shape index (κ2) is 5.74. The van der Waals surface area contributed by atoms with Crippen molar-refractivity contribution in [2.75, 3.05) is 0 Å². The Bertz CT molecular complexity index is 705. The molecule has 0 aliphatic rings. The summed E-state index contributed by atoms with van der Waals surface area (Å²) < 4.78 is 14.4. The number of aromatic nitrogens is 2. The molecule has 7 heteroatoms. The van der Waals surface area contributed by atoms with E-state index in [0.717, 1.165) is 0 Å². The number of amidine groups is 1. The summed E-state index contributed by atoms with van der Waals surface area (Å²) in [4.78, 5) is 16.8. The predicted molar refractivity (Wildman–Crippen MR) is 75.2 cm³/mol. The molecule has 0 aliphatic carbocycles. The molecule has 0 radical (unpaired) electrons. The van der Waals surface area contributed by atoms with Gasteiger partial charge in [-0.15, -0.1) is 0 Å². The summed E-state index contributed by atoms with van der Waals surface area (Å²) in [6, 6.07) is 5.38. The van der Waals surface area contributed by atoms with Gasteiger partial charge in [-0.25, -0.2) is 9.18 Å². The molecule has 0 atom stereocenters. The van der Waals surface area contributed by atoms with E-state index in [4.69, 9.17) is 10.6 Å². The van der Waals surface area contributed by atoms with Crippen LogP contribution in [0.1, 0.15) is 27.3 Å². The molecule has 1 aromatic heterocycles. The summed E-state index contributed by atoms with van der Waals surface area (Å²) in [5.74, 6) is -1.03. The van der Waals surface area contributed by atoms with Gasteiger partial charge in [0.2, 0.25) is 0 Å². The van der Waals surface area contributed by atoms with Crippen molar-refractivity contribution in [3.8, 4) is 0 Å². The number of oxime groups is 1. The van der Waals surface area contributed by atoms with E-state index in [1.54, 1.807) is 25.6 Å². The maximum atomic E-state index is 12.8. The van der Waals surface area contributed by atoms with E-state index in [1.165, 1.54) is 24.3 Å². The van der Waals surface area contributed by atoms with E-state index < -0.39 is 5.97 Å². The van der Waals surface area contributed by atoms with Crippen LogP contribution >= 0.6 is 0 Å². The van der Waals surface area contributed by atoms with Crippen LogP contribution in [0.5, 0.6) is 0 Å². The van der Waals surface area contributed by atoms with Crippen molar-refractivity contribution < 1.29 is 14.0 Å². The molecular formula is C14H15FN4O2. The monoisotopic (exact) mass is 290 g/mol. The number of rotatable bonds is 3. The predicted octanol–water partition coefficient (Wildman–Crippen LogP) is 1.65. The maximum absolute atomic E-state index is 12.8. The highest BCUT2D eigenvalue weighted by molar-refractivity contribution is 5.98. The number of hydrogen-bond donors (Lipinski definition) is 1. The van der Waals surface area contributed by atoms with Crippen LogP contribution in [0.15, 0.2) is 29.4 Å². The number of aryl methyl sites for hydroxylation is 2. The Morgan fingerprint density at radius 3 is 2.48 bits per heavy atom. The van der Waals surface area contributed by atoms with E-state index in [9.17, 15) is 9.18 Å². The Balaban J connectivity index is 2.16. The smallest absolute Gasteiger partial charge is 0.369 e. The van der Waals surface area contributed by atoms with E-state index in [-0.39, 0.29) is 11.7 Å². The van der Waals surface area contributed by atoms with Gasteiger partial charge in [0.25, 0.3) is 0 Å². The minimum atomic E-state index is -0.636. The molecule has 1 heterocycles. The number of halogens is 1. The fraction of sp³-hybridized carbons (Fsp3) is 0.214. The van der Waals surface area contributed by atoms with E-state index in [2.05, 4.69) is 10.3 Å². The Hall–Kier alpha value is -2.70. The molecule has 21 heavy (non-hydrogen) atoms. The van der Waals surface area contributed by atoms with Gasteiger partial charge in [0.15, 0.2) is 5.84 Å². The second-order valence-electron chi connectivity index (χ2n) is 4.53. The first-order chi connectivity index (χ1) is 9.90. The maximum Gasteiger partial charge on any atom is 0.369 e. The Kier molecular flexibility index (Phi) is 4.02. The van der Waals surface area contributed by atoms with E-state index in [1.807, 2.05) is 0 Å². The van der Waals surface area contributed by atoms with Gasteiger partial charge < -0.3 is 10.6 Å². The van der Waals surface area contributed by atoms with Crippen molar-refractivity contribution in [2.24, 2.45) is 17.9 Å². The molecule has 0 spiro atoms. The average Bonchev–Trinajstić information content (AvgIpc) is 2.70. The zero-order chi connectivity index (χ0) is 15.6. The van der Waals surface area contributed by atoms with Crippen molar-refractivity contribution in [1.82, 2.24) is 9.78 Å². The van der Waals surface area contributed by atoms with Gasteiger partial charge in [-0.05, 0) is 38.1 Å². The van der Waals surface area contributed by atoms with E-state index in [0.29, 0.717) is 22.5 Å². The molecule has 2 N–H and O–H groups in total. The lowest BCUT2D eigenvalue weighted by molar-refractivity contribution is 0.0514. The molecule has 0 aliphatic heterocycles. The van der Waals surface area contributed by atoms with Crippen molar-refractivity contribution in [3.63, 3.8) is 0 Å². The summed E-state index contributed by atoms with van der Waals surface area (Å²) in [5, 5.41) is 7.70. The van der Waals surface area contributed by atoms with Crippen LogP contribution in [-0.4, -0.2) is 21.6 Å².